The molecule has 0 saturated carbocycles. The van der Waals surface area contributed by atoms with Crippen LogP contribution in [0.5, 0.6) is 5.75 Å². The van der Waals surface area contributed by atoms with Crippen molar-refractivity contribution < 1.29 is 18.3 Å². The van der Waals surface area contributed by atoms with Gasteiger partial charge in [0.25, 0.3) is 5.92 Å². The molecule has 1 aromatic carbocycles. The van der Waals surface area contributed by atoms with Gasteiger partial charge in [0.1, 0.15) is 5.75 Å². The van der Waals surface area contributed by atoms with Crippen LogP contribution < -0.4 is 10.1 Å². The molecule has 1 atom stereocenters. The molecule has 1 saturated heterocycles. The van der Waals surface area contributed by atoms with Crippen molar-refractivity contribution in [2.45, 2.75) is 19.0 Å². The van der Waals surface area contributed by atoms with Crippen LogP contribution in [0.4, 0.5) is 8.78 Å². The van der Waals surface area contributed by atoms with E-state index in [4.69, 9.17) is 9.47 Å². The molecule has 1 aliphatic heterocycles. The molecule has 0 amide bonds. The molecule has 1 heterocycles. The number of morpholine rings is 1. The van der Waals surface area contributed by atoms with Crippen LogP contribution in [0.25, 0.3) is 0 Å². The Morgan fingerprint density at radius 1 is 1.44 bits per heavy atom. The van der Waals surface area contributed by atoms with Crippen molar-refractivity contribution in [2.75, 3.05) is 26.8 Å². The maximum Gasteiger partial charge on any atom is 0.274 e. The van der Waals surface area contributed by atoms with E-state index in [1.54, 1.807) is 12.1 Å². The average Bonchev–Trinajstić information content (AvgIpc) is 2.37. The molecule has 1 fully saturated rings. The zero-order chi connectivity index (χ0) is 13.2. The summed E-state index contributed by atoms with van der Waals surface area (Å²) in [6, 6.07) is 4.77. The number of rotatable bonds is 3. The number of benzene rings is 1. The molecule has 1 aromatic rings. The fourth-order valence-corrected chi connectivity index (χ4v) is 2.15. The predicted molar refractivity (Wildman–Crippen MR) is 64.1 cm³/mol. The second-order valence-electron chi connectivity index (χ2n) is 4.38. The van der Waals surface area contributed by atoms with Gasteiger partial charge in [0.05, 0.1) is 25.4 Å². The summed E-state index contributed by atoms with van der Waals surface area (Å²) in [7, 11) is 1.41. The molecule has 18 heavy (non-hydrogen) atoms. The standard InChI is InChI=1S/C13H17F2NO2/c1-13(14,15)10-5-3-4-9(12(10)17-2)11-8-16-6-7-18-11/h3-5,11,16H,6-8H2,1-2H3. The molecular formula is C13H17F2NO2. The third-order valence-electron chi connectivity index (χ3n) is 3.00. The Hall–Kier alpha value is -1.20. The molecule has 0 radical (unpaired) electrons. The maximum absolute atomic E-state index is 13.5. The Morgan fingerprint density at radius 3 is 2.78 bits per heavy atom. The number of nitrogens with one attached hydrogen (secondary N) is 1. The highest BCUT2D eigenvalue weighted by Gasteiger charge is 2.31. The quantitative estimate of drug-likeness (QED) is 0.902. The Labute approximate surface area is 105 Å². The molecule has 1 N–H and O–H groups in total. The van der Waals surface area contributed by atoms with Gasteiger partial charge in [-0.25, -0.2) is 8.78 Å². The van der Waals surface area contributed by atoms with Gasteiger partial charge in [-0.15, -0.1) is 0 Å². The van der Waals surface area contributed by atoms with Gasteiger partial charge in [-0.3, -0.25) is 0 Å². The smallest absolute Gasteiger partial charge is 0.274 e. The Morgan fingerprint density at radius 2 is 2.22 bits per heavy atom. The van der Waals surface area contributed by atoms with E-state index in [0.29, 0.717) is 18.7 Å². The lowest BCUT2D eigenvalue weighted by Gasteiger charge is -2.27. The van der Waals surface area contributed by atoms with Gasteiger partial charge in [-0.2, -0.15) is 0 Å². The third-order valence-corrected chi connectivity index (χ3v) is 3.00. The summed E-state index contributed by atoms with van der Waals surface area (Å²) in [6.07, 6.45) is -0.240. The number of hydrogen-bond donors (Lipinski definition) is 1. The van der Waals surface area contributed by atoms with Crippen LogP contribution in [0.2, 0.25) is 0 Å². The summed E-state index contributed by atoms with van der Waals surface area (Å²) < 4.78 is 37.8. The van der Waals surface area contributed by atoms with E-state index < -0.39 is 5.92 Å². The van der Waals surface area contributed by atoms with Crippen LogP contribution in [0.3, 0.4) is 0 Å². The molecule has 3 nitrogen and oxygen atoms in total. The highest BCUT2D eigenvalue weighted by atomic mass is 19.3. The van der Waals surface area contributed by atoms with Crippen LogP contribution in [0.1, 0.15) is 24.2 Å². The molecule has 2 rings (SSSR count). The lowest BCUT2D eigenvalue weighted by atomic mass is 10.00. The normalized spacial score (nSPS) is 20.8. The molecule has 0 bridgehead atoms. The van der Waals surface area contributed by atoms with E-state index >= 15 is 0 Å². The number of halogens is 2. The van der Waals surface area contributed by atoms with Crippen molar-refractivity contribution >= 4 is 0 Å². The van der Waals surface area contributed by atoms with Crippen molar-refractivity contribution in [1.29, 1.82) is 0 Å². The third kappa shape index (κ3) is 2.62. The number of alkyl halides is 2. The molecule has 5 heteroatoms. The maximum atomic E-state index is 13.5. The summed E-state index contributed by atoms with van der Waals surface area (Å²) in [4.78, 5) is 0. The summed E-state index contributed by atoms with van der Waals surface area (Å²) in [6.45, 7) is 2.83. The number of ether oxygens (including phenoxy) is 2. The first-order valence-corrected chi connectivity index (χ1v) is 5.91. The van der Waals surface area contributed by atoms with Gasteiger partial charge >= 0.3 is 0 Å². The predicted octanol–water partition coefficient (Wildman–Crippen LogP) is 2.47. The Kier molecular flexibility index (Phi) is 3.82. The lowest BCUT2D eigenvalue weighted by Crippen LogP contribution is -2.33. The molecular weight excluding hydrogens is 240 g/mol. The second kappa shape index (κ2) is 5.20. The van der Waals surface area contributed by atoms with E-state index in [1.165, 1.54) is 13.2 Å². The van der Waals surface area contributed by atoms with Crippen LogP contribution in [0.15, 0.2) is 18.2 Å². The summed E-state index contributed by atoms with van der Waals surface area (Å²) in [5, 5.41) is 3.17. The van der Waals surface area contributed by atoms with Crippen LogP contribution in [-0.2, 0) is 10.7 Å². The van der Waals surface area contributed by atoms with Crippen molar-refractivity contribution in [1.82, 2.24) is 5.32 Å². The lowest BCUT2D eigenvalue weighted by molar-refractivity contribution is 0.0115. The Bertz CT molecular complexity index is 412. The summed E-state index contributed by atoms with van der Waals surface area (Å²) in [5.41, 5.74) is 0.570. The highest BCUT2D eigenvalue weighted by molar-refractivity contribution is 5.45. The fourth-order valence-electron chi connectivity index (χ4n) is 2.15. The topological polar surface area (TPSA) is 30.5 Å². The van der Waals surface area contributed by atoms with E-state index in [-0.39, 0.29) is 17.4 Å². The molecule has 1 aliphatic rings. The zero-order valence-electron chi connectivity index (χ0n) is 10.5. The zero-order valence-corrected chi connectivity index (χ0v) is 10.5. The van der Waals surface area contributed by atoms with Crippen LogP contribution >= 0.6 is 0 Å². The number of methoxy groups -OCH3 is 1. The van der Waals surface area contributed by atoms with E-state index in [2.05, 4.69) is 5.32 Å². The van der Waals surface area contributed by atoms with Gasteiger partial charge in [0.2, 0.25) is 0 Å². The average molecular weight is 257 g/mol. The molecule has 1 unspecified atom stereocenters. The fraction of sp³-hybridized carbons (Fsp3) is 0.538. The number of hydrogen-bond acceptors (Lipinski definition) is 3. The molecule has 0 spiro atoms. The van der Waals surface area contributed by atoms with Crippen molar-refractivity contribution in [3.63, 3.8) is 0 Å². The Balaban J connectivity index is 2.40. The minimum atomic E-state index is -2.93. The first-order valence-electron chi connectivity index (χ1n) is 5.91. The second-order valence-corrected chi connectivity index (χ2v) is 4.38. The van der Waals surface area contributed by atoms with E-state index in [0.717, 1.165) is 13.5 Å². The van der Waals surface area contributed by atoms with Crippen molar-refractivity contribution in [3.8, 4) is 5.75 Å². The van der Waals surface area contributed by atoms with Crippen LogP contribution in [-0.4, -0.2) is 26.8 Å². The molecule has 100 valence electrons. The minimum absolute atomic E-state index is 0.100. The SMILES string of the molecule is COc1c(C2CNCCO2)cccc1C(C)(F)F. The molecule has 0 aliphatic carbocycles. The van der Waals surface area contributed by atoms with E-state index in [1.807, 2.05) is 0 Å². The minimum Gasteiger partial charge on any atom is -0.496 e. The van der Waals surface area contributed by atoms with E-state index in [9.17, 15) is 8.78 Å². The van der Waals surface area contributed by atoms with Gasteiger partial charge in [-0.05, 0) is 6.07 Å². The molecule has 0 aromatic heterocycles. The summed E-state index contributed by atoms with van der Waals surface area (Å²) >= 11 is 0. The summed E-state index contributed by atoms with van der Waals surface area (Å²) in [5.74, 6) is -2.71. The van der Waals surface area contributed by atoms with Gasteiger partial charge in [0.15, 0.2) is 0 Å². The van der Waals surface area contributed by atoms with Gasteiger partial charge < -0.3 is 14.8 Å². The van der Waals surface area contributed by atoms with Gasteiger partial charge in [0, 0.05) is 25.6 Å². The van der Waals surface area contributed by atoms with Crippen molar-refractivity contribution in [2.24, 2.45) is 0 Å². The largest absolute Gasteiger partial charge is 0.496 e. The monoisotopic (exact) mass is 257 g/mol. The highest BCUT2D eigenvalue weighted by Crippen LogP contribution is 2.39. The number of para-hydroxylation sites is 1. The van der Waals surface area contributed by atoms with Gasteiger partial charge in [-0.1, -0.05) is 12.1 Å². The van der Waals surface area contributed by atoms with Crippen LogP contribution in [0, 0.1) is 0 Å². The first kappa shape index (κ1) is 13.2. The first-order chi connectivity index (χ1) is 8.54. The van der Waals surface area contributed by atoms with Crippen molar-refractivity contribution in [3.05, 3.63) is 29.3 Å².